The second-order valence-electron chi connectivity index (χ2n) is 2.48. The number of hydrogen-bond donors (Lipinski definition) is 0. The Bertz CT molecular complexity index is 453. The van der Waals surface area contributed by atoms with Crippen molar-refractivity contribution in [2.75, 3.05) is 5.75 Å². The van der Waals surface area contributed by atoms with Gasteiger partial charge in [0.25, 0.3) is 0 Å². The summed E-state index contributed by atoms with van der Waals surface area (Å²) in [5, 5.41) is 3.78. The van der Waals surface area contributed by atoms with Gasteiger partial charge in [0.1, 0.15) is 0 Å². The molecule has 54 valence electrons. The van der Waals surface area contributed by atoms with Crippen LogP contribution in [0.4, 0.5) is 0 Å². The first kappa shape index (κ1) is 6.70. The van der Waals surface area contributed by atoms with Crippen molar-refractivity contribution in [3.8, 4) is 0 Å². The summed E-state index contributed by atoms with van der Waals surface area (Å²) >= 11 is 4.33. The van der Waals surface area contributed by atoms with Gasteiger partial charge in [-0.25, -0.2) is 0 Å². The molecule has 0 nitrogen and oxygen atoms in total. The van der Waals surface area contributed by atoms with Crippen LogP contribution in [0.25, 0.3) is 4.91 Å². The van der Waals surface area contributed by atoms with Crippen LogP contribution >= 0.6 is 23.1 Å². The van der Waals surface area contributed by atoms with Gasteiger partial charge in [0.05, 0.1) is 0 Å². The molecule has 0 saturated carbocycles. The molecule has 0 radical (unpaired) electrons. The zero-order valence-electron chi connectivity index (χ0n) is 5.70. The molecular formula is C8H5AsS2. The first-order valence-electron chi connectivity index (χ1n) is 3.45. The van der Waals surface area contributed by atoms with Crippen molar-refractivity contribution >= 4 is 43.3 Å². The first-order chi connectivity index (χ1) is 5.45. The summed E-state index contributed by atoms with van der Waals surface area (Å²) in [6, 6.07) is 2.28. The zero-order chi connectivity index (χ0) is 7.26. The van der Waals surface area contributed by atoms with Crippen LogP contribution in [0.5, 0.6) is 0 Å². The van der Waals surface area contributed by atoms with Crippen molar-refractivity contribution in [1.29, 1.82) is 0 Å². The Morgan fingerprint density at radius 2 is 2.45 bits per heavy atom. The van der Waals surface area contributed by atoms with Crippen molar-refractivity contribution in [2.24, 2.45) is 0 Å². The predicted octanol–water partition coefficient (Wildman–Crippen LogP) is 1.46. The summed E-state index contributed by atoms with van der Waals surface area (Å²) < 4.78 is 3.34. The van der Waals surface area contributed by atoms with Crippen LogP contribution in [0.15, 0.2) is 21.9 Å². The molecule has 0 aromatic carbocycles. The number of rotatable bonds is 0. The number of thioether (sulfide) groups is 1. The molecule has 3 heteroatoms. The molecule has 2 aliphatic rings. The maximum atomic E-state index is 2.41. The normalized spacial score (nSPS) is 20.7. The minimum absolute atomic E-state index is 0.381. The molecule has 3 rings (SSSR count). The maximum absolute atomic E-state index is 2.41. The van der Waals surface area contributed by atoms with E-state index >= 15 is 0 Å². The molecule has 0 spiro atoms. The Morgan fingerprint density at radius 1 is 1.45 bits per heavy atom. The molecule has 11 heavy (non-hydrogen) atoms. The Hall–Kier alpha value is 0.218. The van der Waals surface area contributed by atoms with Crippen molar-refractivity contribution in [3.63, 3.8) is 0 Å². The van der Waals surface area contributed by atoms with Crippen LogP contribution in [-0.2, 0) is 0 Å². The minimum atomic E-state index is 0.381. The molecule has 3 heterocycles. The number of thiophene rings is 1. The van der Waals surface area contributed by atoms with Crippen LogP contribution in [0.2, 0.25) is 0 Å². The topological polar surface area (TPSA) is 0 Å². The van der Waals surface area contributed by atoms with Gasteiger partial charge >= 0.3 is 79.4 Å². The monoisotopic (exact) mass is 240 g/mol. The second kappa shape index (κ2) is 2.35. The number of fused-ring (bicyclic) bond motifs is 2. The molecule has 1 aromatic rings. The molecule has 2 aliphatic heterocycles. The second-order valence-corrected chi connectivity index (χ2v) is 7.50. The Morgan fingerprint density at radius 3 is 3.45 bits per heavy atom. The third kappa shape index (κ3) is 0.867. The van der Waals surface area contributed by atoms with Gasteiger partial charge in [-0.3, -0.25) is 0 Å². The fourth-order valence-corrected chi connectivity index (χ4v) is 7.33. The fourth-order valence-electron chi connectivity index (χ4n) is 1.35. The summed E-state index contributed by atoms with van der Waals surface area (Å²) in [7, 11) is 0. The molecule has 0 aliphatic carbocycles. The van der Waals surface area contributed by atoms with Gasteiger partial charge in [-0.05, 0) is 0 Å². The molecule has 0 bridgehead atoms. The van der Waals surface area contributed by atoms with E-state index in [-0.39, 0.29) is 0 Å². The molecule has 0 amide bonds. The van der Waals surface area contributed by atoms with Gasteiger partial charge in [-0.15, -0.1) is 0 Å². The number of hydrogen-bond acceptors (Lipinski definition) is 2. The van der Waals surface area contributed by atoms with Gasteiger partial charge in [0.15, 0.2) is 0 Å². The average Bonchev–Trinajstić information content (AvgIpc) is 2.52. The fraction of sp³-hybridized carbons (Fsp3) is 0.125. The van der Waals surface area contributed by atoms with E-state index in [9.17, 15) is 0 Å². The van der Waals surface area contributed by atoms with E-state index in [4.69, 9.17) is 0 Å². The van der Waals surface area contributed by atoms with Crippen molar-refractivity contribution < 1.29 is 0 Å². The van der Waals surface area contributed by atoms with E-state index in [1.165, 1.54) is 5.75 Å². The third-order valence-corrected chi connectivity index (χ3v) is 7.38. The zero-order valence-corrected chi connectivity index (χ0v) is 9.21. The van der Waals surface area contributed by atoms with E-state index in [2.05, 4.69) is 17.5 Å². The average molecular weight is 240 g/mol. The van der Waals surface area contributed by atoms with Crippen LogP contribution in [-0.4, -0.2) is 21.1 Å². The SMILES string of the molecule is C1=C2[As]=c3sccc3=C2SC1. The van der Waals surface area contributed by atoms with Crippen LogP contribution in [0, 0.1) is 3.26 Å². The Balaban J connectivity index is 2.55. The molecule has 0 saturated heterocycles. The van der Waals surface area contributed by atoms with Crippen molar-refractivity contribution in [1.82, 2.24) is 0 Å². The van der Waals surface area contributed by atoms with Crippen LogP contribution in [0.1, 0.15) is 0 Å². The predicted molar refractivity (Wildman–Crippen MR) is 52.5 cm³/mol. The molecule has 0 unspecified atom stereocenters. The molecule has 1 aromatic heterocycles. The van der Waals surface area contributed by atoms with Gasteiger partial charge in [-0.2, -0.15) is 0 Å². The summed E-state index contributed by atoms with van der Waals surface area (Å²) in [4.78, 5) is 1.60. The van der Waals surface area contributed by atoms with E-state index in [1.54, 1.807) is 17.7 Å². The summed E-state index contributed by atoms with van der Waals surface area (Å²) in [5.41, 5.74) is 0. The summed E-state index contributed by atoms with van der Waals surface area (Å²) in [6.45, 7) is 0. The standard InChI is InChI=1S/C8H5AsS2/c1-3-11-8-5(1)7-6(9-8)2-4-10-7/h1-3H,4H2. The Kier molecular flexibility index (Phi) is 1.43. The van der Waals surface area contributed by atoms with Crippen LogP contribution < -0.4 is 5.22 Å². The van der Waals surface area contributed by atoms with Gasteiger partial charge in [0.2, 0.25) is 0 Å². The molecule has 0 fully saturated rings. The van der Waals surface area contributed by atoms with Crippen LogP contribution in [0.3, 0.4) is 0 Å². The third-order valence-electron chi connectivity index (χ3n) is 1.85. The summed E-state index contributed by atoms with van der Waals surface area (Å²) in [6.07, 6.45) is 2.41. The van der Waals surface area contributed by atoms with E-state index < -0.39 is 0 Å². The molecule has 0 atom stereocenters. The van der Waals surface area contributed by atoms with Gasteiger partial charge in [-0.1, -0.05) is 0 Å². The van der Waals surface area contributed by atoms with E-state index in [0.717, 1.165) is 0 Å². The molecule has 0 N–H and O–H groups in total. The molecular weight excluding hydrogens is 235 g/mol. The first-order valence-corrected chi connectivity index (χ1v) is 7.19. The van der Waals surface area contributed by atoms with Gasteiger partial charge < -0.3 is 0 Å². The van der Waals surface area contributed by atoms with E-state index in [0.29, 0.717) is 15.3 Å². The van der Waals surface area contributed by atoms with E-state index in [1.807, 2.05) is 23.1 Å². The van der Waals surface area contributed by atoms with Crippen molar-refractivity contribution in [2.45, 2.75) is 0 Å². The quantitative estimate of drug-likeness (QED) is 0.619. The van der Waals surface area contributed by atoms with Gasteiger partial charge in [0, 0.05) is 0 Å². The Labute approximate surface area is 79.2 Å². The van der Waals surface area contributed by atoms with Crippen molar-refractivity contribution in [3.05, 3.63) is 30.4 Å². The summed E-state index contributed by atoms with van der Waals surface area (Å²) in [5.74, 6) is 1.22.